The number of nitrogens with zero attached hydrogens (tertiary/aromatic N) is 2. The molecule has 0 fully saturated rings. The van der Waals surface area contributed by atoms with Crippen molar-refractivity contribution in [3.63, 3.8) is 0 Å². The molecule has 80 valence electrons. The largest absolute Gasteiger partial charge is 0.329 e. The fourth-order valence-corrected chi connectivity index (χ4v) is 3.09. The molecule has 15 heavy (non-hydrogen) atoms. The average molecular weight is 239 g/mol. The number of aryl methyl sites for hydroxylation is 1. The second-order valence-electron chi connectivity index (χ2n) is 3.22. The molecular weight excluding hydrogens is 226 g/mol. The monoisotopic (exact) mass is 239 g/mol. The molecule has 0 aromatic carbocycles. The van der Waals surface area contributed by atoms with Gasteiger partial charge in [-0.2, -0.15) is 11.3 Å². The SMILES string of the molecule is Cn1ccnc1SC(CN)c1ccsc1. The summed E-state index contributed by atoms with van der Waals surface area (Å²) in [5.74, 6) is 0. The van der Waals surface area contributed by atoms with Crippen LogP contribution in [0.25, 0.3) is 0 Å². The van der Waals surface area contributed by atoms with Crippen molar-refractivity contribution in [2.45, 2.75) is 10.4 Å². The second kappa shape index (κ2) is 4.83. The number of hydrogen-bond donors (Lipinski definition) is 1. The fraction of sp³-hybridized carbons (Fsp3) is 0.300. The molecule has 3 nitrogen and oxygen atoms in total. The van der Waals surface area contributed by atoms with Crippen LogP contribution in [-0.4, -0.2) is 16.1 Å². The van der Waals surface area contributed by atoms with Crippen molar-refractivity contribution in [3.8, 4) is 0 Å². The first-order valence-corrected chi connectivity index (χ1v) is 6.49. The number of aromatic nitrogens is 2. The highest BCUT2D eigenvalue weighted by Crippen LogP contribution is 2.33. The zero-order valence-electron chi connectivity index (χ0n) is 8.46. The quantitative estimate of drug-likeness (QED) is 0.832. The first-order chi connectivity index (χ1) is 7.31. The second-order valence-corrected chi connectivity index (χ2v) is 5.17. The Labute approximate surface area is 97.3 Å². The van der Waals surface area contributed by atoms with E-state index in [0.29, 0.717) is 11.8 Å². The van der Waals surface area contributed by atoms with Gasteiger partial charge in [0.05, 0.1) is 5.25 Å². The Hall–Kier alpha value is -0.780. The predicted octanol–water partition coefficient (Wildman–Crippen LogP) is 2.27. The molecule has 0 aliphatic heterocycles. The Morgan fingerprint density at radius 1 is 1.67 bits per heavy atom. The summed E-state index contributed by atoms with van der Waals surface area (Å²) in [6, 6.07) is 2.12. The van der Waals surface area contributed by atoms with Gasteiger partial charge in [0.1, 0.15) is 0 Å². The lowest BCUT2D eigenvalue weighted by Crippen LogP contribution is -2.09. The first kappa shape index (κ1) is 10.7. The molecule has 0 saturated carbocycles. The van der Waals surface area contributed by atoms with Crippen molar-refractivity contribution < 1.29 is 0 Å². The van der Waals surface area contributed by atoms with Crippen molar-refractivity contribution in [1.82, 2.24) is 9.55 Å². The summed E-state index contributed by atoms with van der Waals surface area (Å²) in [4.78, 5) is 4.29. The lowest BCUT2D eigenvalue weighted by molar-refractivity contribution is 0.783. The Bertz CT molecular complexity index is 408. The Balaban J connectivity index is 2.13. The average Bonchev–Trinajstić information content (AvgIpc) is 2.86. The summed E-state index contributed by atoms with van der Waals surface area (Å²) in [5, 5.41) is 5.54. The van der Waals surface area contributed by atoms with Gasteiger partial charge < -0.3 is 10.3 Å². The first-order valence-electron chi connectivity index (χ1n) is 4.67. The number of rotatable bonds is 4. The van der Waals surface area contributed by atoms with Crippen LogP contribution in [-0.2, 0) is 7.05 Å². The highest BCUT2D eigenvalue weighted by atomic mass is 32.2. The molecule has 2 N–H and O–H groups in total. The molecule has 5 heteroatoms. The van der Waals surface area contributed by atoms with E-state index in [1.807, 2.05) is 24.0 Å². The molecule has 2 rings (SSSR count). The highest BCUT2D eigenvalue weighted by molar-refractivity contribution is 7.99. The molecule has 1 atom stereocenters. The number of hydrogen-bond acceptors (Lipinski definition) is 4. The number of thiophene rings is 1. The lowest BCUT2D eigenvalue weighted by atomic mass is 10.2. The van der Waals surface area contributed by atoms with Crippen LogP contribution in [0.5, 0.6) is 0 Å². The standard InChI is InChI=1S/C10H13N3S2/c1-13-4-3-12-10(13)15-9(6-11)8-2-5-14-7-8/h2-5,7,9H,6,11H2,1H3. The zero-order chi connectivity index (χ0) is 10.7. The van der Waals surface area contributed by atoms with E-state index >= 15 is 0 Å². The normalized spacial score (nSPS) is 12.9. The third-order valence-electron chi connectivity index (χ3n) is 2.15. The third kappa shape index (κ3) is 2.42. The van der Waals surface area contributed by atoms with Crippen LogP contribution in [0.15, 0.2) is 34.4 Å². The molecule has 0 spiro atoms. The van der Waals surface area contributed by atoms with Gasteiger partial charge in [-0.15, -0.1) is 0 Å². The molecule has 2 heterocycles. The maximum absolute atomic E-state index is 5.78. The molecule has 2 aromatic rings. The van der Waals surface area contributed by atoms with Gasteiger partial charge >= 0.3 is 0 Å². The predicted molar refractivity (Wildman–Crippen MR) is 65.2 cm³/mol. The van der Waals surface area contributed by atoms with Crippen molar-refractivity contribution in [2.75, 3.05) is 6.54 Å². The topological polar surface area (TPSA) is 43.8 Å². The minimum atomic E-state index is 0.303. The molecule has 1 unspecified atom stereocenters. The van der Waals surface area contributed by atoms with E-state index in [2.05, 4.69) is 21.8 Å². The van der Waals surface area contributed by atoms with Crippen LogP contribution < -0.4 is 5.73 Å². The maximum atomic E-state index is 5.78. The van der Waals surface area contributed by atoms with Gasteiger partial charge in [0, 0.05) is 26.0 Å². The molecule has 0 bridgehead atoms. The molecule has 0 saturated heterocycles. The minimum absolute atomic E-state index is 0.303. The van der Waals surface area contributed by atoms with Crippen LogP contribution in [0.1, 0.15) is 10.8 Å². The maximum Gasteiger partial charge on any atom is 0.168 e. The van der Waals surface area contributed by atoms with Gasteiger partial charge in [-0.1, -0.05) is 11.8 Å². The van der Waals surface area contributed by atoms with Crippen LogP contribution in [0.2, 0.25) is 0 Å². The number of nitrogens with two attached hydrogens (primary N) is 1. The molecular formula is C10H13N3S2. The van der Waals surface area contributed by atoms with Crippen molar-refractivity contribution in [1.29, 1.82) is 0 Å². The Kier molecular flexibility index (Phi) is 3.45. The van der Waals surface area contributed by atoms with Crippen molar-refractivity contribution in [3.05, 3.63) is 34.8 Å². The van der Waals surface area contributed by atoms with E-state index in [9.17, 15) is 0 Å². The van der Waals surface area contributed by atoms with Gasteiger partial charge in [0.2, 0.25) is 0 Å². The van der Waals surface area contributed by atoms with E-state index in [1.165, 1.54) is 5.56 Å². The van der Waals surface area contributed by atoms with Crippen LogP contribution in [0.4, 0.5) is 0 Å². The van der Waals surface area contributed by atoms with E-state index in [-0.39, 0.29) is 0 Å². The fourth-order valence-electron chi connectivity index (χ4n) is 1.30. The smallest absolute Gasteiger partial charge is 0.168 e. The van der Waals surface area contributed by atoms with Crippen molar-refractivity contribution >= 4 is 23.1 Å². The highest BCUT2D eigenvalue weighted by Gasteiger charge is 2.13. The van der Waals surface area contributed by atoms with Crippen molar-refractivity contribution in [2.24, 2.45) is 12.8 Å². The van der Waals surface area contributed by atoms with Gasteiger partial charge in [0.15, 0.2) is 5.16 Å². The van der Waals surface area contributed by atoms with Gasteiger partial charge in [-0.25, -0.2) is 4.98 Å². The van der Waals surface area contributed by atoms with E-state index < -0.39 is 0 Å². The van der Waals surface area contributed by atoms with E-state index in [4.69, 9.17) is 5.73 Å². The summed E-state index contributed by atoms with van der Waals surface area (Å²) in [6.45, 7) is 0.633. The lowest BCUT2D eigenvalue weighted by Gasteiger charge is -2.12. The molecule has 0 radical (unpaired) electrons. The molecule has 2 aromatic heterocycles. The Morgan fingerprint density at radius 3 is 3.07 bits per heavy atom. The zero-order valence-corrected chi connectivity index (χ0v) is 10.1. The summed E-state index contributed by atoms with van der Waals surface area (Å²) in [5.41, 5.74) is 7.06. The third-order valence-corrected chi connectivity index (χ3v) is 4.21. The molecule has 0 amide bonds. The summed E-state index contributed by atoms with van der Waals surface area (Å²) in [7, 11) is 2.00. The molecule has 0 aliphatic carbocycles. The van der Waals surface area contributed by atoms with Crippen LogP contribution >= 0.6 is 23.1 Å². The number of thioether (sulfide) groups is 1. The van der Waals surface area contributed by atoms with Crippen LogP contribution in [0, 0.1) is 0 Å². The van der Waals surface area contributed by atoms with E-state index in [1.54, 1.807) is 23.1 Å². The van der Waals surface area contributed by atoms with Gasteiger partial charge in [0.25, 0.3) is 0 Å². The number of imidazole rings is 1. The minimum Gasteiger partial charge on any atom is -0.329 e. The summed E-state index contributed by atoms with van der Waals surface area (Å²) >= 11 is 3.42. The molecule has 0 aliphatic rings. The van der Waals surface area contributed by atoms with E-state index in [0.717, 1.165) is 5.16 Å². The summed E-state index contributed by atoms with van der Waals surface area (Å²) in [6.07, 6.45) is 3.76. The van der Waals surface area contributed by atoms with Gasteiger partial charge in [-0.3, -0.25) is 0 Å². The van der Waals surface area contributed by atoms with Gasteiger partial charge in [-0.05, 0) is 22.4 Å². The van der Waals surface area contributed by atoms with Crippen LogP contribution in [0.3, 0.4) is 0 Å². The summed E-state index contributed by atoms with van der Waals surface area (Å²) < 4.78 is 2.01. The Morgan fingerprint density at radius 2 is 2.53 bits per heavy atom.